The van der Waals surface area contributed by atoms with E-state index in [0.29, 0.717) is 9.79 Å². The van der Waals surface area contributed by atoms with Crippen LogP contribution in [0.3, 0.4) is 0 Å². The molecular weight excluding hydrogens is 412 g/mol. The third kappa shape index (κ3) is 4.40. The Morgan fingerprint density at radius 3 is 1.36 bits per heavy atom. The molecule has 0 radical (unpaired) electrons. The first-order valence-corrected chi connectivity index (χ1v) is 9.57. The fraction of sp³-hybridized carbons (Fsp3) is 0.125. The second kappa shape index (κ2) is 8.27. The number of carboxylic acid groups (broad SMARTS) is 2. The van der Waals surface area contributed by atoms with Crippen LogP contribution in [-0.2, 0) is 0 Å². The minimum absolute atomic E-state index is 0.166. The molecule has 0 spiro atoms. The van der Waals surface area contributed by atoms with Crippen molar-refractivity contribution in [2.45, 2.75) is 23.6 Å². The van der Waals surface area contributed by atoms with Crippen LogP contribution in [0.25, 0.3) is 0 Å². The number of hydrogen-bond acceptors (Lipinski definition) is 8. The summed E-state index contributed by atoms with van der Waals surface area (Å²) in [6.07, 6.45) is 0. The topological polar surface area (TPSA) is 161 Å². The standard InChI is InChI=1S/C16H12N2O8S2/c1-7-3-9(5-11(15(19)20)13(7)17(23)24)27-28-10-4-8(2)14(18(25)26)12(6-10)16(21)22/h3-6H,1-2H3,(H,19,20)(H,21,22). The van der Waals surface area contributed by atoms with Crippen molar-refractivity contribution in [2.75, 3.05) is 0 Å². The summed E-state index contributed by atoms with van der Waals surface area (Å²) < 4.78 is 0. The van der Waals surface area contributed by atoms with Gasteiger partial charge in [0.1, 0.15) is 11.1 Å². The predicted octanol–water partition coefficient (Wildman–Crippen LogP) is 4.32. The Balaban J connectivity index is 2.39. The number of nitro benzene ring substituents is 2. The van der Waals surface area contributed by atoms with Crippen LogP contribution in [0.5, 0.6) is 0 Å². The Morgan fingerprint density at radius 1 is 0.786 bits per heavy atom. The highest BCUT2D eigenvalue weighted by atomic mass is 33.1. The van der Waals surface area contributed by atoms with Gasteiger partial charge in [0.25, 0.3) is 11.4 Å². The van der Waals surface area contributed by atoms with E-state index in [1.807, 2.05) is 0 Å². The van der Waals surface area contributed by atoms with Gasteiger partial charge in [-0.05, 0) is 38.1 Å². The number of aromatic carboxylic acids is 2. The number of nitrogens with zero attached hydrogens (tertiary/aromatic N) is 2. The Labute approximate surface area is 165 Å². The molecule has 12 heteroatoms. The highest BCUT2D eigenvalue weighted by Gasteiger charge is 2.25. The van der Waals surface area contributed by atoms with Crippen LogP contribution in [0.4, 0.5) is 11.4 Å². The number of benzene rings is 2. The van der Waals surface area contributed by atoms with Gasteiger partial charge in [-0.15, -0.1) is 0 Å². The van der Waals surface area contributed by atoms with Gasteiger partial charge in [-0.25, -0.2) is 9.59 Å². The van der Waals surface area contributed by atoms with E-state index < -0.39 is 44.3 Å². The lowest BCUT2D eigenvalue weighted by Gasteiger charge is -2.08. The predicted molar refractivity (Wildman–Crippen MR) is 101 cm³/mol. The van der Waals surface area contributed by atoms with Gasteiger partial charge in [0.15, 0.2) is 0 Å². The van der Waals surface area contributed by atoms with E-state index in [4.69, 9.17) is 0 Å². The average molecular weight is 424 g/mol. The number of carbonyl (C=O) groups is 2. The molecule has 28 heavy (non-hydrogen) atoms. The van der Waals surface area contributed by atoms with Crippen molar-refractivity contribution < 1.29 is 29.6 Å². The number of aryl methyl sites for hydroxylation is 2. The Hall–Kier alpha value is -3.12. The molecule has 2 aromatic rings. The minimum atomic E-state index is -1.44. The second-order valence-electron chi connectivity index (χ2n) is 5.56. The third-order valence-electron chi connectivity index (χ3n) is 3.61. The van der Waals surface area contributed by atoms with Crippen molar-refractivity contribution in [1.82, 2.24) is 0 Å². The Kier molecular flexibility index (Phi) is 6.26. The summed E-state index contributed by atoms with van der Waals surface area (Å²) in [4.78, 5) is 44.1. The van der Waals surface area contributed by atoms with Crippen molar-refractivity contribution in [2.24, 2.45) is 0 Å². The quantitative estimate of drug-likeness (QED) is 0.372. The summed E-state index contributed by atoms with van der Waals surface area (Å²) >= 11 is 0. The van der Waals surface area contributed by atoms with E-state index >= 15 is 0 Å². The summed E-state index contributed by atoms with van der Waals surface area (Å²) in [5, 5.41) is 40.6. The van der Waals surface area contributed by atoms with Gasteiger partial charge in [0, 0.05) is 20.9 Å². The van der Waals surface area contributed by atoms with Crippen LogP contribution in [0.2, 0.25) is 0 Å². The fourth-order valence-corrected chi connectivity index (χ4v) is 4.62. The molecular formula is C16H12N2O8S2. The number of carboxylic acids is 2. The first-order valence-electron chi connectivity index (χ1n) is 7.42. The Bertz CT molecular complexity index is 941. The highest BCUT2D eigenvalue weighted by Crippen LogP contribution is 2.42. The first-order chi connectivity index (χ1) is 13.0. The summed E-state index contributed by atoms with van der Waals surface area (Å²) in [7, 11) is 2.10. The monoisotopic (exact) mass is 424 g/mol. The molecule has 146 valence electrons. The summed E-state index contributed by atoms with van der Waals surface area (Å²) in [6, 6.07) is 5.19. The van der Waals surface area contributed by atoms with Gasteiger partial charge in [0.05, 0.1) is 9.85 Å². The van der Waals surface area contributed by atoms with Gasteiger partial charge >= 0.3 is 11.9 Å². The molecule has 0 aliphatic carbocycles. The molecule has 0 heterocycles. The molecule has 0 unspecified atom stereocenters. The van der Waals surface area contributed by atoms with Crippen LogP contribution < -0.4 is 0 Å². The normalized spacial score (nSPS) is 10.5. The maximum absolute atomic E-state index is 11.3. The largest absolute Gasteiger partial charge is 0.477 e. The van der Waals surface area contributed by atoms with Crippen molar-refractivity contribution in [1.29, 1.82) is 0 Å². The van der Waals surface area contributed by atoms with Gasteiger partial charge in [-0.2, -0.15) is 0 Å². The molecule has 0 saturated heterocycles. The van der Waals surface area contributed by atoms with E-state index in [-0.39, 0.29) is 11.1 Å². The summed E-state index contributed by atoms with van der Waals surface area (Å²) in [6.45, 7) is 2.83. The maximum atomic E-state index is 11.3. The average Bonchev–Trinajstić information content (AvgIpc) is 2.57. The van der Waals surface area contributed by atoms with Crippen LogP contribution in [0, 0.1) is 34.1 Å². The molecule has 10 nitrogen and oxygen atoms in total. The Morgan fingerprint density at radius 2 is 1.11 bits per heavy atom. The molecule has 0 aliphatic heterocycles. The van der Waals surface area contributed by atoms with E-state index in [2.05, 4.69) is 0 Å². The lowest BCUT2D eigenvalue weighted by atomic mass is 10.1. The lowest BCUT2D eigenvalue weighted by molar-refractivity contribution is -0.385. The molecule has 0 bridgehead atoms. The van der Waals surface area contributed by atoms with E-state index in [0.717, 1.165) is 33.7 Å². The van der Waals surface area contributed by atoms with Crippen molar-refractivity contribution in [3.05, 3.63) is 66.7 Å². The van der Waals surface area contributed by atoms with E-state index in [9.17, 15) is 40.0 Å². The summed E-state index contributed by atoms with van der Waals surface area (Å²) in [5.41, 5.74) is -1.58. The molecule has 2 N–H and O–H groups in total. The number of nitro groups is 2. The zero-order valence-corrected chi connectivity index (χ0v) is 16.0. The smallest absolute Gasteiger partial charge is 0.342 e. The van der Waals surface area contributed by atoms with Gasteiger partial charge in [-0.3, -0.25) is 20.2 Å². The van der Waals surface area contributed by atoms with Crippen LogP contribution in [0.1, 0.15) is 31.8 Å². The minimum Gasteiger partial charge on any atom is -0.477 e. The molecule has 0 fully saturated rings. The highest BCUT2D eigenvalue weighted by molar-refractivity contribution is 8.76. The van der Waals surface area contributed by atoms with E-state index in [1.165, 1.54) is 26.0 Å². The van der Waals surface area contributed by atoms with Crippen LogP contribution in [-0.4, -0.2) is 32.0 Å². The van der Waals surface area contributed by atoms with E-state index in [1.54, 1.807) is 0 Å². The van der Waals surface area contributed by atoms with Crippen molar-refractivity contribution in [3.63, 3.8) is 0 Å². The molecule has 0 aromatic heterocycles. The number of rotatable bonds is 7. The molecule has 0 saturated carbocycles. The molecule has 0 amide bonds. The van der Waals surface area contributed by atoms with Gasteiger partial charge in [0.2, 0.25) is 0 Å². The fourth-order valence-electron chi connectivity index (χ4n) is 2.50. The first kappa shape index (κ1) is 21.2. The molecule has 2 aromatic carbocycles. The van der Waals surface area contributed by atoms with Gasteiger partial charge in [-0.1, -0.05) is 21.6 Å². The maximum Gasteiger partial charge on any atom is 0.342 e. The lowest BCUT2D eigenvalue weighted by Crippen LogP contribution is -2.05. The van der Waals surface area contributed by atoms with Crippen molar-refractivity contribution >= 4 is 44.9 Å². The summed E-state index contributed by atoms with van der Waals surface area (Å²) in [5.74, 6) is -2.89. The van der Waals surface area contributed by atoms with Crippen LogP contribution in [0.15, 0.2) is 34.1 Å². The molecule has 2 rings (SSSR count). The van der Waals surface area contributed by atoms with Crippen LogP contribution >= 0.6 is 21.6 Å². The third-order valence-corrected chi connectivity index (χ3v) is 5.95. The number of hydrogen-bond donors (Lipinski definition) is 2. The molecule has 0 atom stereocenters. The zero-order valence-electron chi connectivity index (χ0n) is 14.4. The van der Waals surface area contributed by atoms with Gasteiger partial charge < -0.3 is 10.2 Å². The zero-order chi connectivity index (χ0) is 21.2. The second-order valence-corrected chi connectivity index (χ2v) is 7.84. The van der Waals surface area contributed by atoms with Crippen molar-refractivity contribution in [3.8, 4) is 0 Å². The molecule has 0 aliphatic rings. The SMILES string of the molecule is Cc1cc(SSc2cc(C)c([N+](=O)[O-])c(C(=O)O)c2)cc(C(=O)O)c1[N+](=O)[O-].